The van der Waals surface area contributed by atoms with Crippen LogP contribution in [0.3, 0.4) is 0 Å². The van der Waals surface area contributed by atoms with Crippen molar-refractivity contribution in [1.82, 2.24) is 4.72 Å². The third-order valence-electron chi connectivity index (χ3n) is 5.64. The number of primary sulfonamides is 1. The molecule has 36 heavy (non-hydrogen) atoms. The van der Waals surface area contributed by atoms with Gasteiger partial charge in [0, 0.05) is 5.56 Å². The Balaban J connectivity index is 1.92. The molecule has 2 aromatic carbocycles. The van der Waals surface area contributed by atoms with Crippen LogP contribution in [0, 0.1) is 11.8 Å². The highest BCUT2D eigenvalue weighted by atomic mass is 32.2. The number of amides is 1. The van der Waals surface area contributed by atoms with Crippen LogP contribution in [-0.2, 0) is 20.0 Å². The minimum atomic E-state index is -4.56. The van der Waals surface area contributed by atoms with Crippen LogP contribution in [0.2, 0.25) is 0 Å². The lowest BCUT2D eigenvalue weighted by Gasteiger charge is -2.19. The molecule has 0 aromatic heterocycles. The first-order valence-electron chi connectivity index (χ1n) is 11.6. The summed E-state index contributed by atoms with van der Waals surface area (Å²) in [5, 5.41) is 16.0. The molecule has 0 saturated heterocycles. The summed E-state index contributed by atoms with van der Waals surface area (Å²) in [4.78, 5) is 11.6. The summed E-state index contributed by atoms with van der Waals surface area (Å²) in [7, 11) is -8.92. The number of nitrogens with one attached hydrogen (secondary N) is 1. The van der Waals surface area contributed by atoms with Gasteiger partial charge in [0.05, 0.1) is 11.7 Å². The lowest BCUT2D eigenvalue weighted by atomic mass is 9.95. The van der Waals surface area contributed by atoms with Crippen LogP contribution in [0.15, 0.2) is 52.3 Å². The molecule has 0 unspecified atom stereocenters. The summed E-state index contributed by atoms with van der Waals surface area (Å²) in [5.41, 5.74) is -0.687. The van der Waals surface area contributed by atoms with Gasteiger partial charge in [-0.15, -0.1) is 0 Å². The Bertz CT molecular complexity index is 1400. The lowest BCUT2D eigenvalue weighted by molar-refractivity contribution is 0.0849. The molecule has 4 N–H and O–H groups in total. The second-order valence-corrected chi connectivity index (χ2v) is 12.2. The third kappa shape index (κ3) is 7.07. The molecule has 0 heterocycles. The number of hydrogen-bond acceptors (Lipinski definition) is 7. The number of benzene rings is 2. The zero-order valence-electron chi connectivity index (χ0n) is 20.2. The van der Waals surface area contributed by atoms with Crippen LogP contribution in [0.5, 0.6) is 5.75 Å². The molecule has 1 amide bonds. The van der Waals surface area contributed by atoms with Gasteiger partial charge in [-0.3, -0.25) is 4.79 Å². The predicted octanol–water partition coefficient (Wildman–Crippen LogP) is 2.68. The largest absolute Gasteiger partial charge is 0.490 e. The average molecular weight is 535 g/mol. The van der Waals surface area contributed by atoms with Crippen molar-refractivity contribution >= 4 is 26.0 Å². The molecule has 1 aliphatic carbocycles. The van der Waals surface area contributed by atoms with Crippen LogP contribution >= 0.6 is 0 Å². The number of rotatable bonds is 6. The van der Waals surface area contributed by atoms with Crippen molar-refractivity contribution in [3.63, 3.8) is 0 Å². The molecule has 3 rings (SSSR count). The maximum absolute atomic E-state index is 12.8. The van der Waals surface area contributed by atoms with Crippen molar-refractivity contribution < 1.29 is 31.5 Å². The van der Waals surface area contributed by atoms with Gasteiger partial charge >= 0.3 is 0 Å². The highest BCUT2D eigenvalue weighted by Gasteiger charge is 2.27. The van der Waals surface area contributed by atoms with E-state index < -0.39 is 41.3 Å². The van der Waals surface area contributed by atoms with Crippen molar-refractivity contribution in [2.75, 3.05) is 0 Å². The van der Waals surface area contributed by atoms with E-state index in [2.05, 4.69) is 11.8 Å². The van der Waals surface area contributed by atoms with Gasteiger partial charge in [0.1, 0.15) is 21.1 Å². The number of sulfonamides is 2. The standard InChI is InChI=1S/C25H30N2O7S2/c1-18(2)34-21-17-20(12-11-19(21)13-16-25(29)14-7-3-4-8-15-25)24(28)27-36(32,33)23-10-6-5-9-22(23)35(26,30)31/h5-6,9-12,17-18,29H,3-4,7-8,14-15H2,1-2H3,(H,27,28)(H2,26,30,31). The molecule has 0 radical (unpaired) electrons. The van der Waals surface area contributed by atoms with E-state index in [1.165, 1.54) is 30.3 Å². The minimum Gasteiger partial charge on any atom is -0.490 e. The molecule has 2 aromatic rings. The zero-order chi connectivity index (χ0) is 26.6. The molecular weight excluding hydrogens is 504 g/mol. The van der Waals surface area contributed by atoms with E-state index in [9.17, 15) is 26.7 Å². The molecule has 9 nitrogen and oxygen atoms in total. The summed E-state index contributed by atoms with van der Waals surface area (Å²) in [6.45, 7) is 3.58. The molecule has 1 aliphatic rings. The first-order valence-corrected chi connectivity index (χ1v) is 14.6. The third-order valence-corrected chi connectivity index (χ3v) is 8.13. The van der Waals surface area contributed by atoms with Crippen LogP contribution in [0.4, 0.5) is 0 Å². The summed E-state index contributed by atoms with van der Waals surface area (Å²) in [6, 6.07) is 8.98. The Morgan fingerprint density at radius 1 is 1.03 bits per heavy atom. The normalized spacial score (nSPS) is 15.9. The zero-order valence-corrected chi connectivity index (χ0v) is 21.8. The van der Waals surface area contributed by atoms with Crippen molar-refractivity contribution in [3.8, 4) is 17.6 Å². The first kappa shape index (κ1) is 27.7. The van der Waals surface area contributed by atoms with Gasteiger partial charge in [-0.2, -0.15) is 0 Å². The van der Waals surface area contributed by atoms with E-state index in [0.717, 1.165) is 37.8 Å². The molecule has 0 spiro atoms. The van der Waals surface area contributed by atoms with Gasteiger partial charge in [0.15, 0.2) is 0 Å². The second kappa shape index (κ2) is 11.0. The van der Waals surface area contributed by atoms with Crippen molar-refractivity contribution in [2.45, 2.75) is 73.9 Å². The molecule has 1 saturated carbocycles. The second-order valence-electron chi connectivity index (χ2n) is 9.00. The number of carbonyl (C=O) groups excluding carboxylic acids is 1. The van der Waals surface area contributed by atoms with E-state index in [1.54, 1.807) is 13.8 Å². The van der Waals surface area contributed by atoms with Crippen molar-refractivity contribution in [2.24, 2.45) is 5.14 Å². The first-order chi connectivity index (χ1) is 16.8. The summed E-state index contributed by atoms with van der Waals surface area (Å²) in [5.74, 6) is 5.19. The molecule has 0 aliphatic heterocycles. The SMILES string of the molecule is CC(C)Oc1cc(C(=O)NS(=O)(=O)c2ccccc2S(N)(=O)=O)ccc1C#CC1(O)CCCCCC1. The number of nitrogens with two attached hydrogens (primary N) is 1. The van der Waals surface area contributed by atoms with E-state index >= 15 is 0 Å². The van der Waals surface area contributed by atoms with E-state index in [-0.39, 0.29) is 17.4 Å². The van der Waals surface area contributed by atoms with Crippen molar-refractivity contribution in [1.29, 1.82) is 0 Å². The lowest BCUT2D eigenvalue weighted by Crippen LogP contribution is -2.32. The van der Waals surface area contributed by atoms with Gasteiger partial charge < -0.3 is 9.84 Å². The fourth-order valence-electron chi connectivity index (χ4n) is 3.88. The summed E-state index contributed by atoms with van der Waals surface area (Å²) < 4.78 is 56.9. The molecule has 0 atom stereocenters. The highest BCUT2D eigenvalue weighted by Crippen LogP contribution is 2.28. The molecular formula is C25H30N2O7S2. The fraction of sp³-hybridized carbons (Fsp3) is 0.400. The van der Waals surface area contributed by atoms with Gasteiger partial charge in [-0.1, -0.05) is 36.8 Å². The quantitative estimate of drug-likeness (QED) is 0.380. The van der Waals surface area contributed by atoms with Crippen LogP contribution in [0.1, 0.15) is 68.3 Å². The number of hydrogen-bond donors (Lipinski definition) is 3. The van der Waals surface area contributed by atoms with E-state index in [4.69, 9.17) is 9.88 Å². The highest BCUT2D eigenvalue weighted by molar-refractivity contribution is 7.92. The Hall–Kier alpha value is -2.91. The molecule has 1 fully saturated rings. The number of aliphatic hydroxyl groups is 1. The Morgan fingerprint density at radius 3 is 2.22 bits per heavy atom. The molecule has 194 valence electrons. The predicted molar refractivity (Wildman–Crippen MR) is 134 cm³/mol. The van der Waals surface area contributed by atoms with Crippen LogP contribution < -0.4 is 14.6 Å². The Kier molecular flexibility index (Phi) is 8.46. The average Bonchev–Trinajstić information content (AvgIpc) is 3.01. The maximum Gasteiger partial charge on any atom is 0.265 e. The fourth-order valence-corrected chi connectivity index (χ4v) is 6.24. The van der Waals surface area contributed by atoms with Gasteiger partial charge in [0.2, 0.25) is 10.0 Å². The van der Waals surface area contributed by atoms with Gasteiger partial charge in [0.25, 0.3) is 15.9 Å². The maximum atomic E-state index is 12.8. The molecule has 0 bridgehead atoms. The molecule has 11 heteroatoms. The van der Waals surface area contributed by atoms with E-state index in [1.807, 2.05) is 4.72 Å². The number of carbonyl (C=O) groups is 1. The Labute approximate surface area is 212 Å². The Morgan fingerprint density at radius 2 is 1.64 bits per heavy atom. The smallest absolute Gasteiger partial charge is 0.265 e. The topological polar surface area (TPSA) is 153 Å². The van der Waals surface area contributed by atoms with Gasteiger partial charge in [-0.25, -0.2) is 26.7 Å². The summed E-state index contributed by atoms with van der Waals surface area (Å²) >= 11 is 0. The van der Waals surface area contributed by atoms with Crippen molar-refractivity contribution in [3.05, 3.63) is 53.6 Å². The van der Waals surface area contributed by atoms with E-state index in [0.29, 0.717) is 18.4 Å². The monoisotopic (exact) mass is 534 g/mol. The summed E-state index contributed by atoms with van der Waals surface area (Å²) in [6.07, 6.45) is 4.79. The van der Waals surface area contributed by atoms with Crippen LogP contribution in [-0.4, -0.2) is 39.6 Å². The minimum absolute atomic E-state index is 0.0407. The van der Waals surface area contributed by atoms with Crippen LogP contribution in [0.25, 0.3) is 0 Å². The van der Waals surface area contributed by atoms with Gasteiger partial charge in [-0.05, 0) is 69.9 Å². The number of ether oxygens (including phenoxy) is 1.